The Balaban J connectivity index is 1.91. The van der Waals surface area contributed by atoms with Crippen LogP contribution >= 0.6 is 0 Å². The fourth-order valence-electron chi connectivity index (χ4n) is 3.57. The van der Waals surface area contributed by atoms with Crippen molar-refractivity contribution in [1.82, 2.24) is 5.32 Å². The molecule has 0 unspecified atom stereocenters. The van der Waals surface area contributed by atoms with Gasteiger partial charge < -0.3 is 14.8 Å². The average Bonchev–Trinajstić information content (AvgIpc) is 2.61. The summed E-state index contributed by atoms with van der Waals surface area (Å²) in [6.45, 7) is 3.57. The molecule has 26 heavy (non-hydrogen) atoms. The molecule has 0 aliphatic carbocycles. The molecule has 0 saturated carbocycles. The van der Waals surface area contributed by atoms with Crippen LogP contribution < -0.4 is 10.1 Å². The number of amides is 1. The number of hydrogen-bond acceptors (Lipinski definition) is 3. The topological polar surface area (TPSA) is 47.6 Å². The van der Waals surface area contributed by atoms with Gasteiger partial charge in [-0.3, -0.25) is 4.79 Å². The molecule has 1 aliphatic heterocycles. The monoisotopic (exact) mass is 357 g/mol. The van der Waals surface area contributed by atoms with Crippen LogP contribution in [-0.2, 0) is 9.53 Å². The Hall–Kier alpha value is -2.40. The summed E-state index contributed by atoms with van der Waals surface area (Å²) in [5, 5.41) is 3.02. The lowest BCUT2D eigenvalue weighted by molar-refractivity contribution is -0.122. The molecule has 1 aliphatic rings. The van der Waals surface area contributed by atoms with E-state index in [-0.39, 0.29) is 29.9 Å². The van der Waals surface area contributed by atoms with Crippen LogP contribution in [0, 0.1) is 12.7 Å². The first kappa shape index (κ1) is 18.4. The van der Waals surface area contributed by atoms with Gasteiger partial charge in [-0.15, -0.1) is 0 Å². The highest BCUT2D eigenvalue weighted by Crippen LogP contribution is 2.40. The molecule has 0 spiro atoms. The SMILES string of the molecule is COc1cc([C@@H]2C[C@H](NC(C)=O)C[C@H](c3ccccc3C)O2)ccc1F. The lowest BCUT2D eigenvalue weighted by atomic mass is 9.89. The van der Waals surface area contributed by atoms with E-state index in [1.807, 2.05) is 12.1 Å². The minimum absolute atomic E-state index is 0.00750. The quantitative estimate of drug-likeness (QED) is 0.890. The van der Waals surface area contributed by atoms with E-state index in [0.717, 1.165) is 16.7 Å². The van der Waals surface area contributed by atoms with Crippen molar-refractivity contribution in [3.05, 3.63) is 65.0 Å². The number of rotatable bonds is 4. The van der Waals surface area contributed by atoms with E-state index in [9.17, 15) is 9.18 Å². The normalized spacial score (nSPS) is 22.7. The molecule has 1 N–H and O–H groups in total. The predicted octanol–water partition coefficient (Wildman–Crippen LogP) is 4.24. The van der Waals surface area contributed by atoms with Gasteiger partial charge in [0, 0.05) is 13.0 Å². The van der Waals surface area contributed by atoms with Gasteiger partial charge in [0.2, 0.25) is 5.91 Å². The third-order valence-electron chi connectivity index (χ3n) is 4.82. The Bertz CT molecular complexity index is 793. The minimum atomic E-state index is -0.402. The van der Waals surface area contributed by atoms with Crippen LogP contribution in [0.3, 0.4) is 0 Å². The van der Waals surface area contributed by atoms with E-state index in [4.69, 9.17) is 9.47 Å². The van der Waals surface area contributed by atoms with E-state index < -0.39 is 5.82 Å². The van der Waals surface area contributed by atoms with Crippen LogP contribution in [0.4, 0.5) is 4.39 Å². The Morgan fingerprint density at radius 2 is 1.92 bits per heavy atom. The Kier molecular flexibility index (Phi) is 5.57. The Labute approximate surface area is 153 Å². The summed E-state index contributed by atoms with van der Waals surface area (Å²) >= 11 is 0. The zero-order valence-corrected chi connectivity index (χ0v) is 15.3. The van der Waals surface area contributed by atoms with Crippen molar-refractivity contribution in [1.29, 1.82) is 0 Å². The summed E-state index contributed by atoms with van der Waals surface area (Å²) in [5.41, 5.74) is 3.11. The number of nitrogens with one attached hydrogen (secondary N) is 1. The molecule has 2 aromatic carbocycles. The lowest BCUT2D eigenvalue weighted by Gasteiger charge is -2.37. The summed E-state index contributed by atoms with van der Waals surface area (Å²) in [7, 11) is 1.44. The van der Waals surface area contributed by atoms with E-state index in [0.29, 0.717) is 12.8 Å². The maximum Gasteiger partial charge on any atom is 0.217 e. The molecule has 4 nitrogen and oxygen atoms in total. The molecule has 3 atom stereocenters. The summed E-state index contributed by atoms with van der Waals surface area (Å²) in [6, 6.07) is 12.9. The van der Waals surface area contributed by atoms with Gasteiger partial charge in [0.15, 0.2) is 11.6 Å². The van der Waals surface area contributed by atoms with Crippen LogP contribution in [0.15, 0.2) is 42.5 Å². The second-order valence-electron chi connectivity index (χ2n) is 6.73. The number of methoxy groups -OCH3 is 1. The van der Waals surface area contributed by atoms with Crippen molar-refractivity contribution in [3.63, 3.8) is 0 Å². The Morgan fingerprint density at radius 3 is 2.62 bits per heavy atom. The fourth-order valence-corrected chi connectivity index (χ4v) is 3.57. The average molecular weight is 357 g/mol. The largest absolute Gasteiger partial charge is 0.494 e. The van der Waals surface area contributed by atoms with Gasteiger partial charge in [-0.2, -0.15) is 0 Å². The van der Waals surface area contributed by atoms with Crippen molar-refractivity contribution in [3.8, 4) is 5.75 Å². The molecular weight excluding hydrogens is 333 g/mol. The molecule has 1 fully saturated rings. The molecule has 1 heterocycles. The first-order valence-electron chi connectivity index (χ1n) is 8.79. The number of aryl methyl sites for hydroxylation is 1. The summed E-state index contributed by atoms with van der Waals surface area (Å²) < 4.78 is 25.2. The van der Waals surface area contributed by atoms with E-state index in [1.165, 1.54) is 20.1 Å². The van der Waals surface area contributed by atoms with Crippen molar-refractivity contribution in [2.24, 2.45) is 0 Å². The second kappa shape index (κ2) is 7.87. The third kappa shape index (κ3) is 4.05. The molecule has 3 rings (SSSR count). The summed E-state index contributed by atoms with van der Waals surface area (Å²) in [4.78, 5) is 11.6. The fraction of sp³-hybridized carbons (Fsp3) is 0.381. The number of halogens is 1. The molecule has 1 amide bonds. The maximum absolute atomic E-state index is 13.8. The number of hydrogen-bond donors (Lipinski definition) is 1. The van der Waals surface area contributed by atoms with Crippen molar-refractivity contribution in [2.45, 2.75) is 44.9 Å². The second-order valence-corrected chi connectivity index (χ2v) is 6.73. The molecule has 0 bridgehead atoms. The summed E-state index contributed by atoms with van der Waals surface area (Å²) in [5.74, 6) is -0.267. The zero-order chi connectivity index (χ0) is 18.7. The van der Waals surface area contributed by atoms with Gasteiger partial charge in [-0.1, -0.05) is 30.3 Å². The molecule has 1 saturated heterocycles. The minimum Gasteiger partial charge on any atom is -0.494 e. The molecular formula is C21H24FNO3. The van der Waals surface area contributed by atoms with Crippen LogP contribution in [0.1, 0.15) is 48.7 Å². The van der Waals surface area contributed by atoms with Gasteiger partial charge in [-0.25, -0.2) is 4.39 Å². The van der Waals surface area contributed by atoms with Crippen molar-refractivity contribution >= 4 is 5.91 Å². The molecule has 2 aromatic rings. The molecule has 0 radical (unpaired) electrons. The Morgan fingerprint density at radius 1 is 1.19 bits per heavy atom. The van der Waals surface area contributed by atoms with Gasteiger partial charge in [-0.05, 0) is 48.6 Å². The number of carbonyl (C=O) groups excluding carboxylic acids is 1. The van der Waals surface area contributed by atoms with Gasteiger partial charge in [0.05, 0.1) is 19.3 Å². The standard InChI is InChI=1S/C21H24FNO3/c1-13-6-4-5-7-17(13)20-12-16(23-14(2)24)11-19(26-20)15-8-9-18(22)21(10-15)25-3/h4-10,16,19-20H,11-12H2,1-3H3,(H,23,24)/t16-,19-,20+/m0/s1. The molecule has 138 valence electrons. The number of benzene rings is 2. The first-order valence-corrected chi connectivity index (χ1v) is 8.79. The predicted molar refractivity (Wildman–Crippen MR) is 97.5 cm³/mol. The van der Waals surface area contributed by atoms with Crippen LogP contribution in [0.25, 0.3) is 0 Å². The highest BCUT2D eigenvalue weighted by atomic mass is 19.1. The first-order chi connectivity index (χ1) is 12.5. The highest BCUT2D eigenvalue weighted by Gasteiger charge is 2.32. The van der Waals surface area contributed by atoms with Gasteiger partial charge >= 0.3 is 0 Å². The van der Waals surface area contributed by atoms with Crippen LogP contribution in [0.2, 0.25) is 0 Å². The molecule has 0 aromatic heterocycles. The molecule has 5 heteroatoms. The van der Waals surface area contributed by atoms with Crippen LogP contribution in [0.5, 0.6) is 5.75 Å². The highest BCUT2D eigenvalue weighted by molar-refractivity contribution is 5.73. The number of carbonyl (C=O) groups is 1. The van der Waals surface area contributed by atoms with Crippen LogP contribution in [-0.4, -0.2) is 19.1 Å². The maximum atomic E-state index is 13.8. The summed E-state index contributed by atoms with van der Waals surface area (Å²) in [6.07, 6.45) is 0.957. The zero-order valence-electron chi connectivity index (χ0n) is 15.3. The van der Waals surface area contributed by atoms with Crippen molar-refractivity contribution in [2.75, 3.05) is 7.11 Å². The third-order valence-corrected chi connectivity index (χ3v) is 4.82. The smallest absolute Gasteiger partial charge is 0.217 e. The van der Waals surface area contributed by atoms with Crippen molar-refractivity contribution < 1.29 is 18.7 Å². The van der Waals surface area contributed by atoms with Gasteiger partial charge in [0.1, 0.15) is 0 Å². The van der Waals surface area contributed by atoms with E-state index in [2.05, 4.69) is 24.4 Å². The van der Waals surface area contributed by atoms with E-state index in [1.54, 1.807) is 12.1 Å². The van der Waals surface area contributed by atoms with Gasteiger partial charge in [0.25, 0.3) is 0 Å². The van der Waals surface area contributed by atoms with E-state index >= 15 is 0 Å². The number of ether oxygens (including phenoxy) is 2. The lowest BCUT2D eigenvalue weighted by Crippen LogP contribution is -2.39.